The van der Waals surface area contributed by atoms with Crippen LogP contribution in [0.25, 0.3) is 22.1 Å². The van der Waals surface area contributed by atoms with Crippen LogP contribution in [0.4, 0.5) is 4.39 Å². The van der Waals surface area contributed by atoms with Gasteiger partial charge in [0.1, 0.15) is 20.8 Å². The first-order valence-corrected chi connectivity index (χ1v) is 12.9. The summed E-state index contributed by atoms with van der Waals surface area (Å²) >= 11 is 6.07. The Bertz CT molecular complexity index is 1520. The smallest absolute Gasteiger partial charge is 0.329 e. The Morgan fingerprint density at radius 1 is 1.09 bits per heavy atom. The van der Waals surface area contributed by atoms with Gasteiger partial charge < -0.3 is 4.57 Å². The molecule has 32 heavy (non-hydrogen) atoms. The molecule has 1 aromatic carbocycles. The van der Waals surface area contributed by atoms with Crippen molar-refractivity contribution in [3.8, 4) is 0 Å². The van der Waals surface area contributed by atoms with Gasteiger partial charge in [-0.1, -0.05) is 11.6 Å². The Kier molecular flexibility index (Phi) is 5.13. The van der Waals surface area contributed by atoms with Crippen molar-refractivity contribution in [3.63, 3.8) is 0 Å². The summed E-state index contributed by atoms with van der Waals surface area (Å²) < 4.78 is 42.6. The van der Waals surface area contributed by atoms with Crippen LogP contribution in [0.3, 0.4) is 0 Å². The quantitative estimate of drug-likeness (QED) is 0.380. The fraction of sp³-hybridized carbons (Fsp3) is 0.364. The van der Waals surface area contributed by atoms with E-state index in [9.17, 15) is 17.6 Å². The lowest BCUT2D eigenvalue weighted by Gasteiger charge is -2.11. The summed E-state index contributed by atoms with van der Waals surface area (Å²) in [5, 5.41) is 0.349. The highest BCUT2D eigenvalue weighted by atomic mass is 35.5. The highest BCUT2D eigenvalue weighted by Crippen LogP contribution is 2.36. The molecular formula is C22H22ClFN4O3S. The minimum absolute atomic E-state index is 0.0548. The first-order chi connectivity index (χ1) is 15.2. The van der Waals surface area contributed by atoms with E-state index in [1.165, 1.54) is 18.4 Å². The predicted molar refractivity (Wildman–Crippen MR) is 123 cm³/mol. The van der Waals surface area contributed by atoms with Crippen LogP contribution >= 0.6 is 11.6 Å². The molecule has 1 aliphatic carbocycles. The van der Waals surface area contributed by atoms with Gasteiger partial charge in [-0.05, 0) is 55.7 Å². The number of hydrogen-bond acceptors (Lipinski definition) is 4. The summed E-state index contributed by atoms with van der Waals surface area (Å²) in [7, 11) is -3.10. The maximum Gasteiger partial charge on any atom is 0.329 e. The Hall–Kier alpha value is -2.65. The third-order valence-electron chi connectivity index (χ3n) is 5.86. The van der Waals surface area contributed by atoms with Gasteiger partial charge in [0.15, 0.2) is 0 Å². The minimum Gasteiger partial charge on any atom is -0.342 e. The van der Waals surface area contributed by atoms with Crippen LogP contribution in [0.2, 0.25) is 5.15 Å². The SMILES string of the molecule is CS(=O)(=O)CCCn1c(Cn2c(=O)n(C3CC3)c3ccc(F)cc32)cc2nc(Cl)ccc21. The van der Waals surface area contributed by atoms with Gasteiger partial charge in [-0.2, -0.15) is 0 Å². The van der Waals surface area contributed by atoms with Gasteiger partial charge in [0.25, 0.3) is 0 Å². The number of pyridine rings is 1. The van der Waals surface area contributed by atoms with E-state index in [1.54, 1.807) is 21.3 Å². The lowest BCUT2D eigenvalue weighted by atomic mass is 10.3. The molecule has 0 atom stereocenters. The van der Waals surface area contributed by atoms with Crippen LogP contribution in [0.1, 0.15) is 31.0 Å². The minimum atomic E-state index is -3.10. The van der Waals surface area contributed by atoms with Gasteiger partial charge in [-0.15, -0.1) is 0 Å². The number of benzene rings is 1. The Balaban J connectivity index is 1.62. The molecule has 0 spiro atoms. The lowest BCUT2D eigenvalue weighted by molar-refractivity contribution is 0.587. The topological polar surface area (TPSA) is 78.9 Å². The largest absolute Gasteiger partial charge is 0.342 e. The molecule has 10 heteroatoms. The van der Waals surface area contributed by atoms with Crippen molar-refractivity contribution in [1.82, 2.24) is 18.7 Å². The van der Waals surface area contributed by atoms with Crippen LogP contribution < -0.4 is 5.69 Å². The molecule has 0 bridgehead atoms. The molecule has 4 aromatic rings. The van der Waals surface area contributed by atoms with Gasteiger partial charge in [0, 0.05) is 24.5 Å². The van der Waals surface area contributed by atoms with E-state index in [2.05, 4.69) is 4.98 Å². The second-order valence-electron chi connectivity index (χ2n) is 8.41. The van der Waals surface area contributed by atoms with E-state index >= 15 is 0 Å². The molecule has 5 rings (SSSR count). The molecule has 0 N–H and O–H groups in total. The van der Waals surface area contributed by atoms with Crippen LogP contribution in [0.15, 0.2) is 41.2 Å². The third-order valence-corrected chi connectivity index (χ3v) is 7.10. The number of imidazole rings is 1. The normalized spacial score (nSPS) is 14.6. The van der Waals surface area contributed by atoms with Crippen molar-refractivity contribution in [1.29, 1.82) is 0 Å². The number of aromatic nitrogens is 4. The van der Waals surface area contributed by atoms with E-state index in [0.29, 0.717) is 29.2 Å². The average molecular weight is 477 g/mol. The summed E-state index contributed by atoms with van der Waals surface area (Å²) in [5.74, 6) is -0.347. The molecule has 1 saturated carbocycles. The number of nitrogens with zero attached hydrogens (tertiary/aromatic N) is 4. The first-order valence-electron chi connectivity index (χ1n) is 10.4. The third kappa shape index (κ3) is 3.95. The molecule has 0 amide bonds. The summed E-state index contributed by atoms with van der Waals surface area (Å²) in [6.45, 7) is 0.658. The van der Waals surface area contributed by atoms with Crippen LogP contribution in [-0.2, 0) is 22.9 Å². The van der Waals surface area contributed by atoms with Crippen molar-refractivity contribution >= 4 is 43.5 Å². The van der Waals surface area contributed by atoms with Crippen molar-refractivity contribution < 1.29 is 12.8 Å². The second kappa shape index (κ2) is 7.74. The number of aryl methyl sites for hydroxylation is 1. The zero-order valence-electron chi connectivity index (χ0n) is 17.5. The molecule has 7 nitrogen and oxygen atoms in total. The monoisotopic (exact) mass is 476 g/mol. The van der Waals surface area contributed by atoms with E-state index in [1.807, 2.05) is 16.7 Å². The molecule has 0 unspecified atom stereocenters. The Morgan fingerprint density at radius 2 is 1.84 bits per heavy atom. The maximum atomic E-state index is 14.1. The molecule has 0 saturated heterocycles. The Labute approximate surface area is 189 Å². The molecule has 0 radical (unpaired) electrons. The molecule has 1 aliphatic rings. The number of halogens is 2. The fourth-order valence-corrected chi connectivity index (χ4v) is 5.11. The molecule has 1 fully saturated rings. The van der Waals surface area contributed by atoms with Crippen molar-refractivity contribution in [2.24, 2.45) is 0 Å². The molecular weight excluding hydrogens is 455 g/mol. The standard InChI is InChI=1S/C22H22ClFN4O3S/c1-32(30,31)10-2-9-26-16(12-17-18(26)7-8-21(23)25-17)13-27-20-11-14(24)3-6-19(20)28(22(27)29)15-4-5-15/h3,6-8,11-12,15H,2,4-5,9-10,13H2,1H3. The number of rotatable bonds is 7. The summed E-state index contributed by atoms with van der Waals surface area (Å²) in [5.41, 5.74) is 3.34. The molecule has 168 valence electrons. The zero-order chi connectivity index (χ0) is 22.6. The lowest BCUT2D eigenvalue weighted by Crippen LogP contribution is -2.25. The van der Waals surface area contributed by atoms with Gasteiger partial charge in [0.2, 0.25) is 0 Å². The average Bonchev–Trinajstić information content (AvgIpc) is 3.44. The number of fused-ring (bicyclic) bond motifs is 2. The van der Waals surface area contributed by atoms with E-state index in [0.717, 1.165) is 29.6 Å². The van der Waals surface area contributed by atoms with E-state index < -0.39 is 15.7 Å². The first kappa shape index (κ1) is 21.2. The predicted octanol–water partition coefficient (Wildman–Crippen LogP) is 3.76. The van der Waals surface area contributed by atoms with Crippen LogP contribution in [0, 0.1) is 5.82 Å². The number of hydrogen-bond donors (Lipinski definition) is 0. The van der Waals surface area contributed by atoms with Gasteiger partial charge in [0.05, 0.1) is 34.4 Å². The van der Waals surface area contributed by atoms with Crippen molar-refractivity contribution in [2.75, 3.05) is 12.0 Å². The zero-order valence-corrected chi connectivity index (χ0v) is 19.0. The second-order valence-corrected chi connectivity index (χ2v) is 11.1. The van der Waals surface area contributed by atoms with Crippen molar-refractivity contribution in [2.45, 2.75) is 38.4 Å². The summed E-state index contributed by atoms with van der Waals surface area (Å²) in [6.07, 6.45) is 3.50. The Morgan fingerprint density at radius 3 is 2.56 bits per heavy atom. The molecule has 0 aliphatic heterocycles. The summed E-state index contributed by atoms with van der Waals surface area (Å²) in [4.78, 5) is 17.7. The molecule has 3 aromatic heterocycles. The van der Waals surface area contributed by atoms with Gasteiger partial charge >= 0.3 is 5.69 Å². The van der Waals surface area contributed by atoms with Gasteiger partial charge in [-0.3, -0.25) is 9.13 Å². The highest BCUT2D eigenvalue weighted by molar-refractivity contribution is 7.90. The highest BCUT2D eigenvalue weighted by Gasteiger charge is 2.29. The number of sulfone groups is 1. The van der Waals surface area contributed by atoms with Crippen molar-refractivity contribution in [3.05, 3.63) is 63.5 Å². The van der Waals surface area contributed by atoms with Crippen LogP contribution in [-0.4, -0.2) is 39.1 Å². The van der Waals surface area contributed by atoms with E-state index in [4.69, 9.17) is 11.6 Å². The van der Waals surface area contributed by atoms with Gasteiger partial charge in [-0.25, -0.2) is 22.6 Å². The van der Waals surface area contributed by atoms with Crippen LogP contribution in [0.5, 0.6) is 0 Å². The maximum absolute atomic E-state index is 14.1. The fourth-order valence-electron chi connectivity index (χ4n) is 4.30. The summed E-state index contributed by atoms with van der Waals surface area (Å²) in [6, 6.07) is 9.95. The van der Waals surface area contributed by atoms with E-state index in [-0.39, 0.29) is 24.0 Å². The molecule has 3 heterocycles.